The summed E-state index contributed by atoms with van der Waals surface area (Å²) in [5, 5.41) is 25.4. The lowest BCUT2D eigenvalue weighted by molar-refractivity contribution is -0.239. The summed E-state index contributed by atoms with van der Waals surface area (Å²) in [6.07, 6.45) is 1.82. The molecule has 5 rings (SSSR count). The SMILES string of the molecule is O=C1c2ccc(-c3ccc(Cl)cc3)c(Cc3ncc(Cl)cn3)c2[C@](F)(CC(O)CCN2CCNCC2)N1OCCO. The Morgan fingerprint density at radius 3 is 2.41 bits per heavy atom. The van der Waals surface area contributed by atoms with Crippen molar-refractivity contribution in [2.75, 3.05) is 45.9 Å². The van der Waals surface area contributed by atoms with Crippen molar-refractivity contribution in [3.05, 3.63) is 81.4 Å². The number of hydroxylamine groups is 2. The summed E-state index contributed by atoms with van der Waals surface area (Å²) in [4.78, 5) is 29.9. The first-order valence-corrected chi connectivity index (χ1v) is 14.3. The minimum absolute atomic E-state index is 0.0853. The lowest BCUT2D eigenvalue weighted by atomic mass is 9.85. The first-order valence-electron chi connectivity index (χ1n) is 13.6. The van der Waals surface area contributed by atoms with Crippen LogP contribution in [0.4, 0.5) is 4.39 Å². The van der Waals surface area contributed by atoms with E-state index in [4.69, 9.17) is 28.0 Å². The van der Waals surface area contributed by atoms with Crippen LogP contribution in [0.1, 0.15) is 40.2 Å². The highest BCUT2D eigenvalue weighted by molar-refractivity contribution is 6.30. The van der Waals surface area contributed by atoms with Crippen LogP contribution in [0.3, 0.4) is 0 Å². The zero-order chi connectivity index (χ0) is 29.0. The highest BCUT2D eigenvalue weighted by atomic mass is 35.5. The standard InChI is InChI=1S/C29H32Cl2FN5O4/c30-20-3-1-19(2-4-20)23-5-6-24-27(25(23)15-26-34-17-21(31)18-35-26)29(32,37(28(24)40)41-14-13-38)16-22(39)7-10-36-11-8-33-9-12-36/h1-6,17-18,22,33,38-39H,7-16H2/t22?,29-/m0/s1. The maximum Gasteiger partial charge on any atom is 0.281 e. The molecule has 218 valence electrons. The molecule has 1 unspecified atom stereocenters. The lowest BCUT2D eigenvalue weighted by Gasteiger charge is -2.34. The van der Waals surface area contributed by atoms with Crippen LogP contribution in [0.25, 0.3) is 11.1 Å². The van der Waals surface area contributed by atoms with Gasteiger partial charge in [-0.25, -0.2) is 14.4 Å². The normalized spacial score (nSPS) is 19.9. The first-order chi connectivity index (χ1) is 19.8. The van der Waals surface area contributed by atoms with E-state index in [0.29, 0.717) is 45.0 Å². The number of carbonyl (C=O) groups is 1. The number of halogens is 3. The molecule has 2 aliphatic heterocycles. The van der Waals surface area contributed by atoms with Crippen molar-refractivity contribution in [3.63, 3.8) is 0 Å². The van der Waals surface area contributed by atoms with Gasteiger partial charge >= 0.3 is 0 Å². The highest BCUT2D eigenvalue weighted by Gasteiger charge is 2.54. The van der Waals surface area contributed by atoms with Gasteiger partial charge in [0.05, 0.1) is 29.9 Å². The number of fused-ring (bicyclic) bond motifs is 1. The number of rotatable bonds is 11. The van der Waals surface area contributed by atoms with Crippen molar-refractivity contribution in [1.29, 1.82) is 0 Å². The number of benzene rings is 2. The highest BCUT2D eigenvalue weighted by Crippen LogP contribution is 2.48. The van der Waals surface area contributed by atoms with Gasteiger partial charge in [0.2, 0.25) is 5.79 Å². The molecule has 2 atom stereocenters. The number of aliphatic hydroxyl groups excluding tert-OH is 2. The fourth-order valence-electron chi connectivity index (χ4n) is 5.47. The summed E-state index contributed by atoms with van der Waals surface area (Å²) in [5.41, 5.74) is 2.10. The molecule has 3 N–H and O–H groups in total. The number of hydrogen-bond donors (Lipinski definition) is 3. The third-order valence-electron chi connectivity index (χ3n) is 7.40. The molecule has 0 saturated carbocycles. The van der Waals surface area contributed by atoms with Crippen LogP contribution in [0.5, 0.6) is 0 Å². The van der Waals surface area contributed by atoms with Crippen LogP contribution in [0.15, 0.2) is 48.8 Å². The van der Waals surface area contributed by atoms with Gasteiger partial charge in [0.15, 0.2) is 0 Å². The van der Waals surface area contributed by atoms with Crippen LogP contribution in [0.2, 0.25) is 10.0 Å². The Labute approximate surface area is 247 Å². The van der Waals surface area contributed by atoms with Gasteiger partial charge in [-0.2, -0.15) is 5.06 Å². The molecular weight excluding hydrogens is 572 g/mol. The number of nitrogens with one attached hydrogen (secondary N) is 1. The molecule has 3 heterocycles. The average Bonchev–Trinajstić information content (AvgIpc) is 3.18. The van der Waals surface area contributed by atoms with E-state index in [1.807, 2.05) is 12.1 Å². The van der Waals surface area contributed by atoms with E-state index in [0.717, 1.165) is 31.7 Å². The van der Waals surface area contributed by atoms with E-state index >= 15 is 4.39 Å². The summed E-state index contributed by atoms with van der Waals surface area (Å²) >= 11 is 12.1. The third kappa shape index (κ3) is 6.54. The fraction of sp³-hybridized carbons (Fsp3) is 0.414. The molecule has 9 nitrogen and oxygen atoms in total. The van der Waals surface area contributed by atoms with Gasteiger partial charge in [0.25, 0.3) is 5.91 Å². The minimum Gasteiger partial charge on any atom is -0.394 e. The largest absolute Gasteiger partial charge is 0.394 e. The number of hydrogen-bond acceptors (Lipinski definition) is 8. The summed E-state index contributed by atoms with van der Waals surface area (Å²) in [6.45, 7) is 3.29. The van der Waals surface area contributed by atoms with E-state index in [-0.39, 0.29) is 24.2 Å². The quantitative estimate of drug-likeness (QED) is 0.285. The van der Waals surface area contributed by atoms with Crippen molar-refractivity contribution in [2.45, 2.75) is 31.2 Å². The van der Waals surface area contributed by atoms with Gasteiger partial charge in [-0.05, 0) is 41.3 Å². The average molecular weight is 605 g/mol. The van der Waals surface area contributed by atoms with Gasteiger partial charge in [0.1, 0.15) is 5.82 Å². The van der Waals surface area contributed by atoms with Gasteiger partial charge < -0.3 is 20.4 Å². The number of aliphatic hydroxyl groups is 2. The molecule has 12 heteroatoms. The number of carbonyl (C=O) groups excluding carboxylic acids is 1. The van der Waals surface area contributed by atoms with Crippen LogP contribution in [0, 0.1) is 0 Å². The number of alkyl halides is 1. The zero-order valence-corrected chi connectivity index (χ0v) is 23.9. The first kappa shape index (κ1) is 29.8. The monoisotopic (exact) mass is 603 g/mol. The second-order valence-corrected chi connectivity index (χ2v) is 11.0. The molecule has 0 aliphatic carbocycles. The van der Waals surface area contributed by atoms with E-state index < -0.39 is 30.8 Å². The van der Waals surface area contributed by atoms with Crippen LogP contribution >= 0.6 is 23.2 Å². The second kappa shape index (κ2) is 13.1. The zero-order valence-electron chi connectivity index (χ0n) is 22.4. The Hall–Kier alpha value is -2.70. The molecular formula is C29H32Cl2FN5O4. The Morgan fingerprint density at radius 2 is 1.73 bits per heavy atom. The van der Waals surface area contributed by atoms with Crippen LogP contribution in [-0.4, -0.2) is 88.1 Å². The molecule has 3 aromatic rings. The minimum atomic E-state index is -2.52. The van der Waals surface area contributed by atoms with Gasteiger partial charge in [-0.15, -0.1) is 0 Å². The van der Waals surface area contributed by atoms with Gasteiger partial charge in [-0.3, -0.25) is 9.63 Å². The van der Waals surface area contributed by atoms with Crippen LogP contribution < -0.4 is 5.32 Å². The van der Waals surface area contributed by atoms with Crippen molar-refractivity contribution in [3.8, 4) is 11.1 Å². The Kier molecular flexibility index (Phi) is 9.50. The second-order valence-electron chi connectivity index (χ2n) is 10.2. The molecule has 41 heavy (non-hydrogen) atoms. The predicted molar refractivity (Wildman–Crippen MR) is 153 cm³/mol. The van der Waals surface area contributed by atoms with E-state index in [2.05, 4.69) is 20.2 Å². The molecule has 1 saturated heterocycles. The Morgan fingerprint density at radius 1 is 1.05 bits per heavy atom. The molecule has 1 fully saturated rings. The maximum absolute atomic E-state index is 17.6. The van der Waals surface area contributed by atoms with E-state index in [1.54, 1.807) is 24.3 Å². The number of aromatic nitrogens is 2. The molecule has 0 bridgehead atoms. The maximum atomic E-state index is 17.6. The van der Waals surface area contributed by atoms with Crippen molar-refractivity contribution >= 4 is 29.1 Å². The number of amides is 1. The summed E-state index contributed by atoms with van der Waals surface area (Å²) in [5.74, 6) is -2.83. The molecule has 0 radical (unpaired) electrons. The summed E-state index contributed by atoms with van der Waals surface area (Å²) in [7, 11) is 0. The van der Waals surface area contributed by atoms with E-state index in [9.17, 15) is 15.0 Å². The number of piperazine rings is 1. The van der Waals surface area contributed by atoms with Crippen molar-refractivity contribution in [2.24, 2.45) is 0 Å². The third-order valence-corrected chi connectivity index (χ3v) is 7.85. The molecule has 1 amide bonds. The van der Waals surface area contributed by atoms with Gasteiger partial charge in [-0.1, -0.05) is 41.4 Å². The summed E-state index contributed by atoms with van der Waals surface area (Å²) in [6, 6.07) is 10.4. The Balaban J connectivity index is 1.58. The topological polar surface area (TPSA) is 111 Å². The number of nitrogens with zero attached hydrogens (tertiary/aromatic N) is 4. The smallest absolute Gasteiger partial charge is 0.281 e. The molecule has 2 aliphatic rings. The molecule has 0 spiro atoms. The van der Waals surface area contributed by atoms with Crippen LogP contribution in [-0.2, 0) is 17.1 Å². The van der Waals surface area contributed by atoms with E-state index in [1.165, 1.54) is 12.4 Å². The molecule has 2 aromatic carbocycles. The lowest BCUT2D eigenvalue weighted by Crippen LogP contribution is -2.46. The van der Waals surface area contributed by atoms with Crippen molar-refractivity contribution < 1.29 is 24.2 Å². The van der Waals surface area contributed by atoms with Crippen molar-refractivity contribution in [1.82, 2.24) is 25.2 Å². The molecule has 1 aromatic heterocycles. The fourth-order valence-corrected chi connectivity index (χ4v) is 5.69. The van der Waals surface area contributed by atoms with Gasteiger partial charge in [0, 0.05) is 68.5 Å². The Bertz CT molecular complexity index is 1360. The summed E-state index contributed by atoms with van der Waals surface area (Å²) < 4.78 is 17.6. The predicted octanol–water partition coefficient (Wildman–Crippen LogP) is 3.59.